The van der Waals surface area contributed by atoms with Crippen molar-refractivity contribution in [2.45, 2.75) is 44.0 Å². The van der Waals surface area contributed by atoms with Gasteiger partial charge < -0.3 is 10.1 Å². The number of benzene rings is 1. The molecule has 0 radical (unpaired) electrons. The van der Waals surface area contributed by atoms with Crippen LogP contribution in [-0.4, -0.2) is 34.7 Å². The van der Waals surface area contributed by atoms with Gasteiger partial charge in [0.25, 0.3) is 0 Å². The zero-order valence-electron chi connectivity index (χ0n) is 12.9. The normalized spacial score (nSPS) is 20.0. The van der Waals surface area contributed by atoms with Gasteiger partial charge in [0.05, 0.1) is 12.0 Å². The van der Waals surface area contributed by atoms with E-state index in [1.165, 1.54) is 0 Å². The van der Waals surface area contributed by atoms with Gasteiger partial charge in [-0.3, -0.25) is 0 Å². The molecule has 0 spiro atoms. The van der Waals surface area contributed by atoms with Crippen molar-refractivity contribution in [1.29, 1.82) is 0 Å². The Balaban J connectivity index is 2.26. The fraction of sp³-hybridized carbons (Fsp3) is 0.600. The number of sulfonamides is 1. The molecular weight excluding hydrogens is 288 g/mol. The Morgan fingerprint density at radius 3 is 2.48 bits per heavy atom. The highest BCUT2D eigenvalue weighted by atomic mass is 32.2. The van der Waals surface area contributed by atoms with Crippen LogP contribution >= 0.6 is 0 Å². The molecule has 1 aromatic rings. The fourth-order valence-electron chi connectivity index (χ4n) is 2.87. The van der Waals surface area contributed by atoms with Crippen molar-refractivity contribution in [3.63, 3.8) is 0 Å². The first-order chi connectivity index (χ1) is 9.94. The average molecular weight is 312 g/mol. The number of aryl methyl sites for hydroxylation is 2. The Labute approximate surface area is 127 Å². The van der Waals surface area contributed by atoms with Crippen LogP contribution in [0.3, 0.4) is 0 Å². The lowest BCUT2D eigenvalue weighted by atomic mass is 10.1. The number of nitrogens with one attached hydrogen (secondary N) is 2. The smallest absolute Gasteiger partial charge is 0.241 e. The maximum atomic E-state index is 12.7. The molecule has 0 bridgehead atoms. The minimum atomic E-state index is -3.50. The van der Waals surface area contributed by atoms with Crippen LogP contribution in [0.4, 0.5) is 0 Å². The Hall–Kier alpha value is -1.11. The van der Waals surface area contributed by atoms with E-state index >= 15 is 0 Å². The molecule has 1 unspecified atom stereocenters. The van der Waals surface area contributed by atoms with E-state index in [-0.39, 0.29) is 6.04 Å². The van der Waals surface area contributed by atoms with E-state index in [2.05, 4.69) is 10.0 Å². The maximum Gasteiger partial charge on any atom is 0.241 e. The summed E-state index contributed by atoms with van der Waals surface area (Å²) < 4.78 is 33.4. The highest BCUT2D eigenvalue weighted by Gasteiger charge is 2.24. The topological polar surface area (TPSA) is 67.4 Å². The Bertz CT molecular complexity index is 568. The molecule has 1 aliphatic heterocycles. The van der Waals surface area contributed by atoms with Gasteiger partial charge in [0.1, 0.15) is 5.75 Å². The van der Waals surface area contributed by atoms with Crippen LogP contribution in [0.2, 0.25) is 0 Å². The quantitative estimate of drug-likeness (QED) is 0.888. The van der Waals surface area contributed by atoms with Gasteiger partial charge in [-0.25, -0.2) is 13.1 Å². The largest absolute Gasteiger partial charge is 0.497 e. The van der Waals surface area contributed by atoms with Gasteiger partial charge in [-0.15, -0.1) is 0 Å². The minimum Gasteiger partial charge on any atom is -0.497 e. The van der Waals surface area contributed by atoms with Gasteiger partial charge in [-0.05, 0) is 69.5 Å². The van der Waals surface area contributed by atoms with Crippen molar-refractivity contribution in [1.82, 2.24) is 10.0 Å². The van der Waals surface area contributed by atoms with Crippen LogP contribution in [-0.2, 0) is 10.0 Å². The van der Waals surface area contributed by atoms with E-state index in [0.29, 0.717) is 21.8 Å². The standard InChI is InChI=1S/C15H24N2O3S/c1-11-9-14(20-3)10-12(2)15(11)21(18,19)17-13-5-4-7-16-8-6-13/h9-10,13,16-17H,4-8H2,1-3H3. The summed E-state index contributed by atoms with van der Waals surface area (Å²) in [4.78, 5) is 0.375. The first kappa shape index (κ1) is 16.3. The van der Waals surface area contributed by atoms with Crippen LogP contribution in [0, 0.1) is 13.8 Å². The van der Waals surface area contributed by atoms with Crippen molar-refractivity contribution in [3.8, 4) is 5.75 Å². The number of methoxy groups -OCH3 is 1. The Kier molecular flexibility index (Phi) is 5.24. The zero-order chi connectivity index (χ0) is 15.5. The van der Waals surface area contributed by atoms with Crippen LogP contribution in [0.1, 0.15) is 30.4 Å². The van der Waals surface area contributed by atoms with E-state index < -0.39 is 10.0 Å². The van der Waals surface area contributed by atoms with E-state index in [4.69, 9.17) is 4.74 Å². The molecular formula is C15H24N2O3S. The van der Waals surface area contributed by atoms with Crippen molar-refractivity contribution in [3.05, 3.63) is 23.3 Å². The van der Waals surface area contributed by atoms with Gasteiger partial charge in [0.15, 0.2) is 0 Å². The number of rotatable bonds is 4. The maximum absolute atomic E-state index is 12.7. The van der Waals surface area contributed by atoms with E-state index in [9.17, 15) is 8.42 Å². The molecule has 2 N–H and O–H groups in total. The average Bonchev–Trinajstić information content (AvgIpc) is 2.65. The third-order valence-electron chi connectivity index (χ3n) is 3.84. The van der Waals surface area contributed by atoms with Crippen LogP contribution < -0.4 is 14.8 Å². The second-order valence-corrected chi connectivity index (χ2v) is 7.24. The summed E-state index contributed by atoms with van der Waals surface area (Å²) in [6, 6.07) is 3.53. The lowest BCUT2D eigenvalue weighted by Crippen LogP contribution is -2.36. The number of hydrogen-bond donors (Lipinski definition) is 2. The van der Waals surface area contributed by atoms with E-state index in [1.807, 2.05) is 0 Å². The molecule has 21 heavy (non-hydrogen) atoms. The van der Waals surface area contributed by atoms with Gasteiger partial charge in [0.2, 0.25) is 10.0 Å². The SMILES string of the molecule is COc1cc(C)c(S(=O)(=O)NC2CCCNCC2)c(C)c1. The summed E-state index contributed by atoms with van der Waals surface area (Å²) in [5.41, 5.74) is 1.43. The Morgan fingerprint density at radius 2 is 1.86 bits per heavy atom. The zero-order valence-corrected chi connectivity index (χ0v) is 13.7. The summed E-state index contributed by atoms with van der Waals surface area (Å²) in [5.74, 6) is 0.683. The van der Waals surface area contributed by atoms with Gasteiger partial charge in [0, 0.05) is 6.04 Å². The first-order valence-corrected chi connectivity index (χ1v) is 8.80. The molecule has 0 aromatic heterocycles. The molecule has 0 amide bonds. The molecule has 1 heterocycles. The summed E-state index contributed by atoms with van der Waals surface area (Å²) >= 11 is 0. The summed E-state index contributed by atoms with van der Waals surface area (Å²) in [6.45, 7) is 5.42. The summed E-state index contributed by atoms with van der Waals surface area (Å²) in [7, 11) is -1.91. The minimum absolute atomic E-state index is 0.00546. The fourth-order valence-corrected chi connectivity index (χ4v) is 4.63. The van der Waals surface area contributed by atoms with Crippen LogP contribution in [0.5, 0.6) is 5.75 Å². The van der Waals surface area contributed by atoms with Crippen molar-refractivity contribution >= 4 is 10.0 Å². The van der Waals surface area contributed by atoms with Crippen molar-refractivity contribution < 1.29 is 13.2 Å². The molecule has 0 aliphatic carbocycles. The molecule has 1 atom stereocenters. The molecule has 6 heteroatoms. The third-order valence-corrected chi connectivity index (χ3v) is 5.66. The summed E-state index contributed by atoms with van der Waals surface area (Å²) in [6.07, 6.45) is 2.70. The van der Waals surface area contributed by atoms with Gasteiger partial charge >= 0.3 is 0 Å². The van der Waals surface area contributed by atoms with Crippen molar-refractivity contribution in [2.75, 3.05) is 20.2 Å². The molecule has 2 rings (SSSR count). The van der Waals surface area contributed by atoms with Gasteiger partial charge in [-0.2, -0.15) is 0 Å². The summed E-state index contributed by atoms with van der Waals surface area (Å²) in [5, 5.41) is 3.29. The molecule has 0 saturated carbocycles. The highest BCUT2D eigenvalue weighted by molar-refractivity contribution is 7.89. The second-order valence-electron chi connectivity index (χ2n) is 5.59. The highest BCUT2D eigenvalue weighted by Crippen LogP contribution is 2.26. The van der Waals surface area contributed by atoms with Crippen LogP contribution in [0.15, 0.2) is 17.0 Å². The molecule has 118 valence electrons. The number of hydrogen-bond acceptors (Lipinski definition) is 4. The lowest BCUT2D eigenvalue weighted by Gasteiger charge is -2.19. The van der Waals surface area contributed by atoms with Gasteiger partial charge in [-0.1, -0.05) is 0 Å². The van der Waals surface area contributed by atoms with Crippen molar-refractivity contribution in [2.24, 2.45) is 0 Å². The number of ether oxygens (including phenoxy) is 1. The molecule has 1 aromatic carbocycles. The third kappa shape index (κ3) is 3.96. The van der Waals surface area contributed by atoms with E-state index in [1.54, 1.807) is 33.1 Å². The monoisotopic (exact) mass is 312 g/mol. The predicted molar refractivity (Wildman–Crippen MR) is 83.3 cm³/mol. The molecule has 1 fully saturated rings. The van der Waals surface area contributed by atoms with E-state index in [0.717, 1.165) is 32.4 Å². The molecule has 5 nitrogen and oxygen atoms in total. The molecule has 1 aliphatic rings. The second kappa shape index (κ2) is 6.77. The van der Waals surface area contributed by atoms with Crippen LogP contribution in [0.25, 0.3) is 0 Å². The lowest BCUT2D eigenvalue weighted by molar-refractivity contribution is 0.413. The molecule has 1 saturated heterocycles. The first-order valence-electron chi connectivity index (χ1n) is 7.32. The Morgan fingerprint density at radius 1 is 1.19 bits per heavy atom. The predicted octanol–water partition coefficient (Wildman–Crippen LogP) is 1.73.